The Morgan fingerprint density at radius 1 is 0.333 bits per heavy atom. The minimum atomic E-state index is 0.513. The summed E-state index contributed by atoms with van der Waals surface area (Å²) in [5, 5.41) is 0. The van der Waals surface area contributed by atoms with Crippen LogP contribution in [0.3, 0.4) is 0 Å². The fourth-order valence-electron chi connectivity index (χ4n) is 0.854. The maximum atomic E-state index is 9.56. The van der Waals surface area contributed by atoms with Gasteiger partial charge in [0.15, 0.2) is 0 Å². The summed E-state index contributed by atoms with van der Waals surface area (Å²) in [7, 11) is 0. The number of hydrogen-bond acceptors (Lipinski definition) is 6. The van der Waals surface area contributed by atoms with E-state index in [9.17, 15) is 28.8 Å². The molecule has 0 N–H and O–H groups in total. The van der Waals surface area contributed by atoms with Crippen LogP contribution in [0.2, 0.25) is 0 Å². The first-order valence-electron chi connectivity index (χ1n) is 6.86. The predicted molar refractivity (Wildman–Crippen MR) is 77.9 cm³/mol. The summed E-state index contributed by atoms with van der Waals surface area (Å²) >= 11 is 0. The van der Waals surface area contributed by atoms with Gasteiger partial charge in [-0.1, -0.05) is 0 Å². The predicted octanol–water partition coefficient (Wildman–Crippen LogP) is 1.66. The van der Waals surface area contributed by atoms with Crippen LogP contribution in [0.15, 0.2) is 0 Å². The average Bonchev–Trinajstić information content (AvgIpc) is 2.50. The van der Waals surface area contributed by atoms with Crippen molar-refractivity contribution in [1.82, 2.24) is 0 Å². The first-order valence-corrected chi connectivity index (χ1v) is 6.86. The second-order valence-electron chi connectivity index (χ2n) is 3.79. The fraction of sp³-hybridized carbons (Fsp3) is 0.600. The van der Waals surface area contributed by atoms with Gasteiger partial charge in [0, 0.05) is 38.5 Å². The van der Waals surface area contributed by atoms with Crippen molar-refractivity contribution in [2.45, 2.75) is 57.8 Å². The second-order valence-corrected chi connectivity index (χ2v) is 3.79. The summed E-state index contributed by atoms with van der Waals surface area (Å²) in [6.07, 6.45) is 10.1. The van der Waals surface area contributed by atoms with Crippen molar-refractivity contribution in [1.29, 1.82) is 0 Å². The van der Waals surface area contributed by atoms with E-state index >= 15 is 0 Å². The van der Waals surface area contributed by atoms with E-state index in [4.69, 9.17) is 0 Å². The molecule has 0 spiro atoms. The Kier molecular flexibility index (Phi) is 35.3. The molecule has 0 saturated heterocycles. The Morgan fingerprint density at radius 3 is 0.571 bits per heavy atom. The van der Waals surface area contributed by atoms with Crippen molar-refractivity contribution in [3.63, 3.8) is 0 Å². The Morgan fingerprint density at radius 2 is 0.476 bits per heavy atom. The number of rotatable bonds is 12. The first kappa shape index (κ1) is 24.1. The lowest BCUT2D eigenvalue weighted by Crippen LogP contribution is -1.76. The number of hydrogen-bond donors (Lipinski definition) is 0. The Balaban J connectivity index is -0.000000231. The molecule has 0 bridgehead atoms. The topological polar surface area (TPSA) is 102 Å². The van der Waals surface area contributed by atoms with Crippen LogP contribution in [0.25, 0.3) is 0 Å². The quantitative estimate of drug-likeness (QED) is 0.401. The lowest BCUT2D eigenvalue weighted by molar-refractivity contribution is -0.110. The van der Waals surface area contributed by atoms with Crippen molar-refractivity contribution < 1.29 is 28.8 Å². The van der Waals surface area contributed by atoms with E-state index in [-0.39, 0.29) is 0 Å². The van der Waals surface area contributed by atoms with Crippen LogP contribution >= 0.6 is 0 Å². The van der Waals surface area contributed by atoms with Gasteiger partial charge in [-0.25, -0.2) is 0 Å². The number of aldehydes is 6. The summed E-state index contributed by atoms with van der Waals surface area (Å²) in [5.74, 6) is 0. The molecule has 0 aromatic rings. The molecular formula is C15H24O6. The highest BCUT2D eigenvalue weighted by molar-refractivity contribution is 5.53. The fourth-order valence-corrected chi connectivity index (χ4v) is 0.854. The van der Waals surface area contributed by atoms with Gasteiger partial charge in [0.05, 0.1) is 0 Å². The molecule has 0 amide bonds. The molecule has 0 aromatic heterocycles. The molecule has 0 fully saturated rings. The molecule has 6 nitrogen and oxygen atoms in total. The molecular weight excluding hydrogens is 276 g/mol. The number of carbonyl (C=O) groups is 6. The van der Waals surface area contributed by atoms with Gasteiger partial charge in [-0.05, 0) is 19.3 Å². The van der Waals surface area contributed by atoms with Crippen LogP contribution in [0.5, 0.6) is 0 Å². The Hall–Kier alpha value is -1.98. The van der Waals surface area contributed by atoms with E-state index in [0.29, 0.717) is 57.8 Å². The van der Waals surface area contributed by atoms with Gasteiger partial charge in [0.2, 0.25) is 0 Å². The largest absolute Gasteiger partial charge is 0.303 e. The van der Waals surface area contributed by atoms with E-state index in [1.807, 2.05) is 0 Å². The molecule has 0 aromatic carbocycles. The van der Waals surface area contributed by atoms with E-state index in [0.717, 1.165) is 37.7 Å². The molecule has 120 valence electrons. The third-order valence-corrected chi connectivity index (χ3v) is 1.93. The molecule has 0 radical (unpaired) electrons. The monoisotopic (exact) mass is 300 g/mol. The van der Waals surface area contributed by atoms with Gasteiger partial charge in [0.1, 0.15) is 37.7 Å². The Labute approximate surface area is 125 Å². The zero-order chi connectivity index (χ0) is 16.6. The Bertz CT molecular complexity index is 196. The lowest BCUT2D eigenvalue weighted by Gasteiger charge is -1.78. The van der Waals surface area contributed by atoms with E-state index in [1.165, 1.54) is 0 Å². The van der Waals surface area contributed by atoms with Gasteiger partial charge in [-0.15, -0.1) is 0 Å². The van der Waals surface area contributed by atoms with E-state index in [2.05, 4.69) is 0 Å². The van der Waals surface area contributed by atoms with E-state index in [1.54, 1.807) is 0 Å². The number of carbonyl (C=O) groups excluding carboxylic acids is 6. The number of unbranched alkanes of at least 4 members (excludes halogenated alkanes) is 6. The van der Waals surface area contributed by atoms with Crippen LogP contribution in [0.4, 0.5) is 0 Å². The molecule has 0 rings (SSSR count). The zero-order valence-electron chi connectivity index (χ0n) is 12.3. The van der Waals surface area contributed by atoms with Gasteiger partial charge < -0.3 is 28.8 Å². The minimum Gasteiger partial charge on any atom is -0.303 e. The van der Waals surface area contributed by atoms with Crippen LogP contribution in [-0.4, -0.2) is 37.7 Å². The SMILES string of the molecule is O=CCCCC=O.O=CCCCC=O.O=CCCCC=O. The second kappa shape index (κ2) is 30.8. The molecule has 6 heteroatoms. The summed E-state index contributed by atoms with van der Waals surface area (Å²) in [5.41, 5.74) is 0. The summed E-state index contributed by atoms with van der Waals surface area (Å²) < 4.78 is 0. The molecule has 0 saturated carbocycles. The third kappa shape index (κ3) is 46.1. The molecule has 0 aliphatic heterocycles. The minimum absolute atomic E-state index is 0.513. The van der Waals surface area contributed by atoms with Crippen LogP contribution < -0.4 is 0 Å². The lowest BCUT2D eigenvalue weighted by atomic mass is 10.3. The van der Waals surface area contributed by atoms with Crippen LogP contribution in [0.1, 0.15) is 57.8 Å². The molecule has 0 heterocycles. The molecule has 0 aliphatic rings. The highest BCUT2D eigenvalue weighted by Gasteiger charge is 1.81. The highest BCUT2D eigenvalue weighted by atomic mass is 16.1. The maximum Gasteiger partial charge on any atom is 0.120 e. The smallest absolute Gasteiger partial charge is 0.120 e. The highest BCUT2D eigenvalue weighted by Crippen LogP contribution is 1.86. The zero-order valence-corrected chi connectivity index (χ0v) is 12.3. The molecule has 0 atom stereocenters. The van der Waals surface area contributed by atoms with Crippen molar-refractivity contribution in [2.75, 3.05) is 0 Å². The maximum absolute atomic E-state index is 9.56. The van der Waals surface area contributed by atoms with Gasteiger partial charge in [-0.2, -0.15) is 0 Å². The standard InChI is InChI=1S/3C5H8O2/c3*6-4-2-1-3-5-7/h3*4-5H,1-3H2. The summed E-state index contributed by atoms with van der Waals surface area (Å²) in [6, 6.07) is 0. The van der Waals surface area contributed by atoms with E-state index < -0.39 is 0 Å². The summed E-state index contributed by atoms with van der Waals surface area (Å²) in [6.45, 7) is 0. The molecule has 21 heavy (non-hydrogen) atoms. The van der Waals surface area contributed by atoms with Crippen LogP contribution in [0, 0.1) is 0 Å². The average molecular weight is 300 g/mol. The van der Waals surface area contributed by atoms with Gasteiger partial charge >= 0.3 is 0 Å². The van der Waals surface area contributed by atoms with Gasteiger partial charge in [0.25, 0.3) is 0 Å². The van der Waals surface area contributed by atoms with Gasteiger partial charge in [-0.3, -0.25) is 0 Å². The first-order chi connectivity index (χ1) is 10.2. The van der Waals surface area contributed by atoms with Crippen molar-refractivity contribution in [3.05, 3.63) is 0 Å². The van der Waals surface area contributed by atoms with Crippen molar-refractivity contribution in [2.24, 2.45) is 0 Å². The van der Waals surface area contributed by atoms with Crippen molar-refractivity contribution >= 4 is 37.7 Å². The molecule has 0 unspecified atom stereocenters. The normalized spacial score (nSPS) is 8.00. The van der Waals surface area contributed by atoms with Crippen molar-refractivity contribution in [3.8, 4) is 0 Å². The van der Waals surface area contributed by atoms with Crippen LogP contribution in [-0.2, 0) is 28.8 Å². The molecule has 0 aliphatic carbocycles. The summed E-state index contributed by atoms with van der Waals surface area (Å²) in [4.78, 5) is 57.4. The third-order valence-electron chi connectivity index (χ3n) is 1.93.